The summed E-state index contributed by atoms with van der Waals surface area (Å²) in [4.78, 5) is 40.8. The predicted octanol–water partition coefficient (Wildman–Crippen LogP) is 0.936. The molecule has 2 saturated carbocycles. The molecule has 0 radical (unpaired) electrons. The summed E-state index contributed by atoms with van der Waals surface area (Å²) in [6, 6.07) is 0.746. The van der Waals surface area contributed by atoms with Gasteiger partial charge in [0.15, 0.2) is 17.5 Å². The zero-order chi connectivity index (χ0) is 22.2. The number of nitrogens with two attached hydrogens (primary N) is 2. The van der Waals surface area contributed by atoms with Crippen LogP contribution >= 0.6 is 0 Å². The van der Waals surface area contributed by atoms with Crippen molar-refractivity contribution in [3.8, 4) is 5.75 Å². The van der Waals surface area contributed by atoms with Crippen LogP contribution in [0.1, 0.15) is 36.0 Å². The van der Waals surface area contributed by atoms with Crippen molar-refractivity contribution in [1.82, 2.24) is 0 Å². The van der Waals surface area contributed by atoms with Crippen LogP contribution in [0.5, 0.6) is 5.75 Å². The van der Waals surface area contributed by atoms with Gasteiger partial charge in [-0.15, -0.1) is 0 Å². The molecule has 10 heteroatoms. The molecule has 5 rings (SSSR count). The highest BCUT2D eigenvalue weighted by Gasteiger charge is 2.55. The molecular formula is C21H25FN4O5. The summed E-state index contributed by atoms with van der Waals surface area (Å²) in [5.74, 6) is -4.84. The lowest BCUT2D eigenvalue weighted by atomic mass is 9.88. The molecule has 4 atom stereocenters. The number of methoxy groups -OCH3 is 1. The van der Waals surface area contributed by atoms with E-state index in [-0.39, 0.29) is 34.6 Å². The number of nitrogen functional groups attached to an aromatic ring is 1. The number of amides is 1. The smallest absolute Gasteiger partial charge is 0.324 e. The number of ether oxygens (including phenoxy) is 1. The molecule has 2 aliphatic heterocycles. The SMILES string of the molecule is COc1c(N2CC[C@@H](C3(N)CC3)C2)cc(N)c2c1N([C@@H]1C[C@@H]1F)C(=O)C(C(=O)O)C2=O. The third-order valence-corrected chi connectivity index (χ3v) is 7.13. The molecule has 9 nitrogen and oxygen atoms in total. The van der Waals surface area contributed by atoms with Gasteiger partial charge in [0.25, 0.3) is 0 Å². The van der Waals surface area contributed by atoms with Crippen molar-refractivity contribution in [3.63, 3.8) is 0 Å². The lowest BCUT2D eigenvalue weighted by molar-refractivity contribution is -0.144. The molecule has 1 saturated heterocycles. The van der Waals surface area contributed by atoms with Gasteiger partial charge in [-0.1, -0.05) is 0 Å². The predicted molar refractivity (Wildman–Crippen MR) is 110 cm³/mol. The monoisotopic (exact) mass is 432 g/mol. The molecule has 0 bridgehead atoms. The van der Waals surface area contributed by atoms with Gasteiger partial charge in [0.1, 0.15) is 11.9 Å². The largest absolute Gasteiger partial charge is 0.492 e. The van der Waals surface area contributed by atoms with Crippen LogP contribution in [0, 0.1) is 11.8 Å². The number of carbonyl (C=O) groups is 3. The van der Waals surface area contributed by atoms with Gasteiger partial charge in [-0.2, -0.15) is 0 Å². The van der Waals surface area contributed by atoms with Gasteiger partial charge in [-0.3, -0.25) is 14.4 Å². The number of benzene rings is 1. The Labute approximate surface area is 178 Å². The number of halogens is 1. The second kappa shape index (κ2) is 6.56. The van der Waals surface area contributed by atoms with Crippen molar-refractivity contribution < 1.29 is 28.6 Å². The second-order valence-corrected chi connectivity index (χ2v) is 9.07. The zero-order valence-electron chi connectivity index (χ0n) is 17.1. The number of hydrogen-bond donors (Lipinski definition) is 3. The first-order chi connectivity index (χ1) is 14.7. The van der Waals surface area contributed by atoms with Crippen molar-refractivity contribution in [2.45, 2.75) is 43.4 Å². The fourth-order valence-electron chi connectivity index (χ4n) is 5.05. The Kier molecular flexibility index (Phi) is 4.24. The highest BCUT2D eigenvalue weighted by atomic mass is 19.1. The number of aliphatic carboxylic acids is 1. The summed E-state index contributed by atoms with van der Waals surface area (Å²) < 4.78 is 19.7. The number of Topliss-reactive ketones (excluding diaryl/α,β-unsaturated/α-hetero) is 1. The van der Waals surface area contributed by atoms with Crippen molar-refractivity contribution >= 4 is 34.7 Å². The van der Waals surface area contributed by atoms with E-state index in [9.17, 15) is 23.9 Å². The van der Waals surface area contributed by atoms with E-state index in [0.29, 0.717) is 24.7 Å². The van der Waals surface area contributed by atoms with Crippen LogP contribution in [-0.2, 0) is 9.59 Å². The van der Waals surface area contributed by atoms with Gasteiger partial charge < -0.3 is 31.1 Å². The molecule has 4 aliphatic rings. The number of fused-ring (bicyclic) bond motifs is 1. The van der Waals surface area contributed by atoms with Crippen molar-refractivity contribution in [2.24, 2.45) is 17.6 Å². The fraction of sp³-hybridized carbons (Fsp3) is 0.571. The number of carbonyl (C=O) groups excluding carboxylic acids is 2. The zero-order valence-corrected chi connectivity index (χ0v) is 17.1. The number of rotatable bonds is 5. The van der Waals surface area contributed by atoms with E-state index in [1.54, 1.807) is 6.07 Å². The van der Waals surface area contributed by atoms with Crippen LogP contribution in [-0.4, -0.2) is 60.7 Å². The molecule has 31 heavy (non-hydrogen) atoms. The average molecular weight is 432 g/mol. The third kappa shape index (κ3) is 2.88. The van der Waals surface area contributed by atoms with Gasteiger partial charge in [-0.25, -0.2) is 4.39 Å². The van der Waals surface area contributed by atoms with E-state index in [0.717, 1.165) is 24.2 Å². The quantitative estimate of drug-likeness (QED) is 0.461. The molecule has 1 aromatic carbocycles. The number of nitrogens with zero attached hydrogens (tertiary/aromatic N) is 2. The Morgan fingerprint density at radius 3 is 2.58 bits per heavy atom. The first-order valence-corrected chi connectivity index (χ1v) is 10.5. The molecule has 2 aliphatic carbocycles. The van der Waals surface area contributed by atoms with Crippen LogP contribution in [0.25, 0.3) is 0 Å². The molecule has 2 heterocycles. The maximum Gasteiger partial charge on any atom is 0.324 e. The van der Waals surface area contributed by atoms with Crippen LogP contribution in [0.2, 0.25) is 0 Å². The summed E-state index contributed by atoms with van der Waals surface area (Å²) in [6.45, 7) is 1.38. The van der Waals surface area contributed by atoms with E-state index < -0.39 is 35.8 Å². The molecule has 3 fully saturated rings. The summed E-state index contributed by atoms with van der Waals surface area (Å²) in [6.07, 6.45) is 1.65. The number of ketones is 1. The minimum atomic E-state index is -1.94. The van der Waals surface area contributed by atoms with E-state index in [1.807, 2.05) is 0 Å². The minimum absolute atomic E-state index is 0.0490. The van der Waals surface area contributed by atoms with Crippen LogP contribution in [0.4, 0.5) is 21.5 Å². The van der Waals surface area contributed by atoms with Gasteiger partial charge in [0, 0.05) is 30.7 Å². The third-order valence-electron chi connectivity index (χ3n) is 7.13. The first-order valence-electron chi connectivity index (χ1n) is 10.5. The Morgan fingerprint density at radius 2 is 2.03 bits per heavy atom. The summed E-state index contributed by atoms with van der Waals surface area (Å²) >= 11 is 0. The number of carboxylic acids is 1. The average Bonchev–Trinajstić information content (AvgIpc) is 3.56. The Bertz CT molecular complexity index is 1010. The van der Waals surface area contributed by atoms with Gasteiger partial charge >= 0.3 is 5.97 Å². The van der Waals surface area contributed by atoms with E-state index in [4.69, 9.17) is 16.2 Å². The standard InChI is InChI=1S/C21H25FN4O5/c1-31-18-13(25-5-2-9(8-25)21(24)3-4-21)7-11(23)14-16(18)26(12-6-10(12)22)19(28)15(17(14)27)20(29)30/h7,9-10,12,15H,2-6,8,23-24H2,1H3,(H,29,30)/t9-,10+,12-,15?/m1/s1. The molecular weight excluding hydrogens is 407 g/mol. The lowest BCUT2D eigenvalue weighted by Crippen LogP contribution is -2.50. The highest BCUT2D eigenvalue weighted by molar-refractivity contribution is 6.32. The van der Waals surface area contributed by atoms with Crippen LogP contribution in [0.15, 0.2) is 6.07 Å². The van der Waals surface area contributed by atoms with Gasteiger partial charge in [0.05, 0.1) is 24.4 Å². The second-order valence-electron chi connectivity index (χ2n) is 9.07. The number of carboxylic acid groups (broad SMARTS) is 1. The van der Waals surface area contributed by atoms with Gasteiger partial charge in [-0.05, 0) is 31.2 Å². The summed E-state index contributed by atoms with van der Waals surface area (Å²) in [5, 5.41) is 9.49. The lowest BCUT2D eigenvalue weighted by Gasteiger charge is -2.35. The van der Waals surface area contributed by atoms with E-state index in [1.165, 1.54) is 7.11 Å². The van der Waals surface area contributed by atoms with Crippen molar-refractivity contribution in [3.05, 3.63) is 11.6 Å². The maximum atomic E-state index is 14.1. The number of alkyl halides is 1. The Morgan fingerprint density at radius 1 is 1.35 bits per heavy atom. The summed E-state index contributed by atoms with van der Waals surface area (Å²) in [5.41, 5.74) is 13.1. The molecule has 1 amide bonds. The molecule has 0 spiro atoms. The maximum absolute atomic E-state index is 14.1. The first kappa shape index (κ1) is 20.0. The molecule has 0 aromatic heterocycles. The normalized spacial score (nSPS) is 30.9. The van der Waals surface area contributed by atoms with E-state index in [2.05, 4.69) is 4.90 Å². The molecule has 1 aromatic rings. The number of anilines is 3. The Hall–Kier alpha value is -2.88. The highest BCUT2D eigenvalue weighted by Crippen LogP contribution is 2.52. The minimum Gasteiger partial charge on any atom is -0.492 e. The topological polar surface area (TPSA) is 139 Å². The molecule has 1 unspecified atom stereocenters. The Balaban J connectivity index is 1.64. The van der Waals surface area contributed by atoms with Crippen LogP contribution < -0.4 is 26.0 Å². The van der Waals surface area contributed by atoms with Crippen molar-refractivity contribution in [2.75, 3.05) is 35.7 Å². The van der Waals surface area contributed by atoms with E-state index >= 15 is 0 Å². The molecule has 166 valence electrons. The van der Waals surface area contributed by atoms with Crippen molar-refractivity contribution in [1.29, 1.82) is 0 Å². The van der Waals surface area contributed by atoms with Gasteiger partial charge in [0.2, 0.25) is 5.91 Å². The fourth-order valence-corrected chi connectivity index (χ4v) is 5.05. The van der Waals surface area contributed by atoms with Crippen LogP contribution in [0.3, 0.4) is 0 Å². The molecule has 5 N–H and O–H groups in total. The number of hydrogen-bond acceptors (Lipinski definition) is 7. The summed E-state index contributed by atoms with van der Waals surface area (Å²) in [7, 11) is 1.41.